The molecule has 0 fully saturated rings. The van der Waals surface area contributed by atoms with Gasteiger partial charge in [0.1, 0.15) is 0 Å². The zero-order valence-corrected chi connectivity index (χ0v) is 5.70. The van der Waals surface area contributed by atoms with Crippen molar-refractivity contribution in [3.8, 4) is 0 Å². The van der Waals surface area contributed by atoms with E-state index in [0.717, 1.165) is 5.69 Å². The predicted octanol–water partition coefficient (Wildman–Crippen LogP) is 0.440. The maximum Gasteiger partial charge on any atom is 0.0947 e. The van der Waals surface area contributed by atoms with Gasteiger partial charge >= 0.3 is 0 Å². The van der Waals surface area contributed by atoms with Crippen LogP contribution in [-0.2, 0) is 7.05 Å². The summed E-state index contributed by atoms with van der Waals surface area (Å²) in [4.78, 5) is 4.05. The highest BCUT2D eigenvalue weighted by Crippen LogP contribution is 2.03. The molecule has 0 aromatic carbocycles. The summed E-state index contributed by atoms with van der Waals surface area (Å²) in [5.74, 6) is 0. The lowest BCUT2D eigenvalue weighted by atomic mass is 10.3. The Morgan fingerprint density at radius 3 is 2.67 bits per heavy atom. The van der Waals surface area contributed by atoms with Crippen LogP contribution < -0.4 is 5.73 Å². The Bertz CT molecular complexity index is 190. The van der Waals surface area contributed by atoms with Crippen molar-refractivity contribution in [1.82, 2.24) is 9.55 Å². The first-order chi connectivity index (χ1) is 4.20. The Balaban J connectivity index is 2.85. The molecule has 0 saturated heterocycles. The van der Waals surface area contributed by atoms with E-state index in [-0.39, 0.29) is 6.04 Å². The van der Waals surface area contributed by atoms with Gasteiger partial charge in [-0.2, -0.15) is 0 Å². The molecule has 0 bridgehead atoms. The minimum absolute atomic E-state index is 0.0474. The van der Waals surface area contributed by atoms with E-state index >= 15 is 0 Å². The highest BCUT2D eigenvalue weighted by molar-refractivity contribution is 5.00. The number of hydrogen-bond acceptors (Lipinski definition) is 2. The molecule has 0 aliphatic rings. The molecule has 0 unspecified atom stereocenters. The van der Waals surface area contributed by atoms with Gasteiger partial charge in [-0.05, 0) is 6.92 Å². The van der Waals surface area contributed by atoms with Crippen molar-refractivity contribution in [3.05, 3.63) is 18.2 Å². The van der Waals surface area contributed by atoms with Gasteiger partial charge < -0.3 is 10.3 Å². The van der Waals surface area contributed by atoms with Crippen molar-refractivity contribution in [3.63, 3.8) is 0 Å². The quantitative estimate of drug-likeness (QED) is 0.591. The Morgan fingerprint density at radius 2 is 2.44 bits per heavy atom. The fourth-order valence-corrected chi connectivity index (χ4v) is 0.668. The minimum Gasteiger partial charge on any atom is -0.340 e. The van der Waals surface area contributed by atoms with Crippen molar-refractivity contribution in [1.29, 1.82) is 0 Å². The van der Waals surface area contributed by atoms with Crippen LogP contribution in [0.3, 0.4) is 0 Å². The molecule has 9 heavy (non-hydrogen) atoms. The smallest absolute Gasteiger partial charge is 0.0947 e. The van der Waals surface area contributed by atoms with Crippen LogP contribution in [0.25, 0.3) is 0 Å². The van der Waals surface area contributed by atoms with Gasteiger partial charge in [-0.15, -0.1) is 0 Å². The number of rotatable bonds is 1. The number of imidazole rings is 1. The fourth-order valence-electron chi connectivity index (χ4n) is 0.668. The zero-order valence-electron chi connectivity index (χ0n) is 5.70. The summed E-state index contributed by atoms with van der Waals surface area (Å²) in [5.41, 5.74) is 6.49. The van der Waals surface area contributed by atoms with Gasteiger partial charge in [0.25, 0.3) is 0 Å². The first-order valence-corrected chi connectivity index (χ1v) is 2.93. The third-order valence-corrected chi connectivity index (χ3v) is 1.19. The molecule has 1 aromatic heterocycles. The molecule has 1 aromatic rings. The summed E-state index contributed by atoms with van der Waals surface area (Å²) in [6.45, 7) is 1.92. The number of aryl methyl sites for hydroxylation is 1. The van der Waals surface area contributed by atoms with E-state index in [4.69, 9.17) is 5.73 Å². The van der Waals surface area contributed by atoms with Crippen molar-refractivity contribution in [2.75, 3.05) is 0 Å². The van der Waals surface area contributed by atoms with Crippen molar-refractivity contribution in [2.45, 2.75) is 13.0 Å². The molecule has 3 heteroatoms. The van der Waals surface area contributed by atoms with E-state index < -0.39 is 0 Å². The first kappa shape index (κ1) is 6.29. The van der Waals surface area contributed by atoms with Crippen LogP contribution in [0.5, 0.6) is 0 Å². The average molecular weight is 125 g/mol. The van der Waals surface area contributed by atoms with Crippen molar-refractivity contribution >= 4 is 0 Å². The maximum absolute atomic E-state index is 5.55. The van der Waals surface area contributed by atoms with E-state index in [0.29, 0.717) is 0 Å². The molecule has 0 aliphatic carbocycles. The van der Waals surface area contributed by atoms with Gasteiger partial charge in [0.15, 0.2) is 0 Å². The number of nitrogens with zero attached hydrogens (tertiary/aromatic N) is 2. The number of hydrogen-bond donors (Lipinski definition) is 1. The largest absolute Gasteiger partial charge is 0.340 e. The molecule has 0 aliphatic heterocycles. The Kier molecular flexibility index (Phi) is 1.53. The lowest BCUT2D eigenvalue weighted by Crippen LogP contribution is -2.04. The summed E-state index contributed by atoms with van der Waals surface area (Å²) in [5, 5.41) is 0. The SMILES string of the molecule is C[C@@H](N)c1cn(C)cn1. The highest BCUT2D eigenvalue weighted by atomic mass is 15.0. The summed E-state index contributed by atoms with van der Waals surface area (Å²) in [6, 6.07) is 0.0474. The molecular weight excluding hydrogens is 114 g/mol. The van der Waals surface area contributed by atoms with Crippen LogP contribution in [0.2, 0.25) is 0 Å². The Labute approximate surface area is 54.5 Å². The molecule has 1 heterocycles. The third kappa shape index (κ3) is 1.29. The number of aromatic nitrogens is 2. The Hall–Kier alpha value is -0.830. The van der Waals surface area contributed by atoms with Crippen LogP contribution in [0.1, 0.15) is 18.7 Å². The van der Waals surface area contributed by atoms with E-state index in [1.54, 1.807) is 6.33 Å². The first-order valence-electron chi connectivity index (χ1n) is 2.93. The molecule has 2 N–H and O–H groups in total. The van der Waals surface area contributed by atoms with Gasteiger partial charge in [-0.25, -0.2) is 4.98 Å². The van der Waals surface area contributed by atoms with Gasteiger partial charge in [0, 0.05) is 19.3 Å². The van der Waals surface area contributed by atoms with Crippen LogP contribution in [-0.4, -0.2) is 9.55 Å². The molecule has 0 saturated carbocycles. The molecule has 0 radical (unpaired) electrons. The summed E-state index contributed by atoms with van der Waals surface area (Å²) in [7, 11) is 1.93. The average Bonchev–Trinajstić information content (AvgIpc) is 2.14. The van der Waals surface area contributed by atoms with Gasteiger partial charge in [0.2, 0.25) is 0 Å². The maximum atomic E-state index is 5.55. The third-order valence-electron chi connectivity index (χ3n) is 1.19. The molecule has 3 nitrogen and oxygen atoms in total. The van der Waals surface area contributed by atoms with Gasteiger partial charge in [0.05, 0.1) is 12.0 Å². The molecule has 0 amide bonds. The van der Waals surface area contributed by atoms with Crippen LogP contribution in [0, 0.1) is 0 Å². The van der Waals surface area contributed by atoms with E-state index in [2.05, 4.69) is 4.98 Å². The van der Waals surface area contributed by atoms with Crippen molar-refractivity contribution < 1.29 is 0 Å². The molecule has 1 atom stereocenters. The number of nitrogens with two attached hydrogens (primary N) is 1. The van der Waals surface area contributed by atoms with Crippen LogP contribution in [0.4, 0.5) is 0 Å². The molecule has 0 spiro atoms. The molecule has 50 valence electrons. The van der Waals surface area contributed by atoms with E-state index in [1.165, 1.54) is 0 Å². The second-order valence-corrected chi connectivity index (χ2v) is 2.25. The molecule has 1 rings (SSSR count). The normalized spacial score (nSPS) is 13.7. The van der Waals surface area contributed by atoms with Gasteiger partial charge in [-0.3, -0.25) is 0 Å². The van der Waals surface area contributed by atoms with E-state index in [9.17, 15) is 0 Å². The van der Waals surface area contributed by atoms with Gasteiger partial charge in [-0.1, -0.05) is 0 Å². The monoisotopic (exact) mass is 125 g/mol. The summed E-state index contributed by atoms with van der Waals surface area (Å²) < 4.78 is 1.89. The predicted molar refractivity (Wildman–Crippen MR) is 35.8 cm³/mol. The zero-order chi connectivity index (χ0) is 6.85. The summed E-state index contributed by atoms with van der Waals surface area (Å²) >= 11 is 0. The summed E-state index contributed by atoms with van der Waals surface area (Å²) in [6.07, 6.45) is 3.67. The van der Waals surface area contributed by atoms with Crippen LogP contribution >= 0.6 is 0 Å². The standard InChI is InChI=1S/C6H11N3/c1-5(7)6-3-9(2)4-8-6/h3-5H,7H2,1-2H3/t5-/m1/s1. The van der Waals surface area contributed by atoms with Crippen molar-refractivity contribution in [2.24, 2.45) is 12.8 Å². The minimum atomic E-state index is 0.0474. The highest BCUT2D eigenvalue weighted by Gasteiger charge is 1.99. The Morgan fingerprint density at radius 1 is 1.78 bits per heavy atom. The molecular formula is C6H11N3. The lowest BCUT2D eigenvalue weighted by molar-refractivity contribution is 0.786. The second kappa shape index (κ2) is 2.19. The second-order valence-electron chi connectivity index (χ2n) is 2.25. The lowest BCUT2D eigenvalue weighted by Gasteiger charge is -1.95. The van der Waals surface area contributed by atoms with Crippen LogP contribution in [0.15, 0.2) is 12.5 Å². The topological polar surface area (TPSA) is 43.8 Å². The van der Waals surface area contributed by atoms with E-state index in [1.807, 2.05) is 24.7 Å². The fraction of sp³-hybridized carbons (Fsp3) is 0.500.